The van der Waals surface area contributed by atoms with Gasteiger partial charge < -0.3 is 14.8 Å². The number of benzene rings is 2. The van der Waals surface area contributed by atoms with Gasteiger partial charge in [0.15, 0.2) is 0 Å². The van der Waals surface area contributed by atoms with Gasteiger partial charge in [-0.25, -0.2) is 4.79 Å². The van der Waals surface area contributed by atoms with Gasteiger partial charge in [0.1, 0.15) is 11.5 Å². The van der Waals surface area contributed by atoms with E-state index in [1.807, 2.05) is 43.3 Å². The number of fused-ring (bicyclic) bond motifs is 1. The fourth-order valence-electron chi connectivity index (χ4n) is 2.49. The van der Waals surface area contributed by atoms with Crippen LogP contribution < -0.4 is 10.4 Å². The van der Waals surface area contributed by atoms with Crippen molar-refractivity contribution < 1.29 is 9.84 Å². The molecule has 0 unspecified atom stereocenters. The number of aromatic nitrogens is 2. The molecular weight excluding hydrogens is 292 g/mol. The summed E-state index contributed by atoms with van der Waals surface area (Å²) in [6.07, 6.45) is 0. The lowest BCUT2D eigenvalue weighted by Crippen LogP contribution is -2.31. The molecule has 0 aliphatic carbocycles. The summed E-state index contributed by atoms with van der Waals surface area (Å²) in [5.74, 6) is 1.39. The Balaban J connectivity index is 1.94. The number of rotatable bonds is 4. The van der Waals surface area contributed by atoms with Gasteiger partial charge in [0.25, 0.3) is 0 Å². The summed E-state index contributed by atoms with van der Waals surface area (Å²) in [5, 5.41) is 9.95. The van der Waals surface area contributed by atoms with E-state index in [1.54, 1.807) is 19.9 Å². The van der Waals surface area contributed by atoms with Crippen LogP contribution in [-0.2, 0) is 6.54 Å². The van der Waals surface area contributed by atoms with Crippen molar-refractivity contribution >= 4 is 11.0 Å². The number of aliphatic hydroxyl groups is 1. The van der Waals surface area contributed by atoms with Gasteiger partial charge in [-0.05, 0) is 45.0 Å². The van der Waals surface area contributed by atoms with Crippen LogP contribution in [0.2, 0.25) is 0 Å². The third-order valence-corrected chi connectivity index (χ3v) is 3.55. The molecule has 0 radical (unpaired) electrons. The van der Waals surface area contributed by atoms with Gasteiger partial charge in [-0.2, -0.15) is 0 Å². The summed E-state index contributed by atoms with van der Waals surface area (Å²) in [5.41, 5.74) is 1.39. The highest BCUT2D eigenvalue weighted by atomic mass is 16.5. The molecule has 0 fully saturated rings. The highest BCUT2D eigenvalue weighted by molar-refractivity contribution is 5.77. The van der Waals surface area contributed by atoms with Crippen molar-refractivity contribution in [2.75, 3.05) is 0 Å². The molecule has 120 valence electrons. The van der Waals surface area contributed by atoms with Crippen molar-refractivity contribution in [3.05, 3.63) is 58.5 Å². The minimum atomic E-state index is -0.962. The Hall–Kier alpha value is -2.53. The molecule has 0 amide bonds. The largest absolute Gasteiger partial charge is 0.457 e. The van der Waals surface area contributed by atoms with Crippen molar-refractivity contribution in [2.24, 2.45) is 0 Å². The van der Waals surface area contributed by atoms with E-state index >= 15 is 0 Å². The van der Waals surface area contributed by atoms with E-state index in [-0.39, 0.29) is 12.2 Å². The van der Waals surface area contributed by atoms with Crippen LogP contribution >= 0.6 is 0 Å². The maximum absolute atomic E-state index is 12.1. The molecule has 2 N–H and O–H groups in total. The Morgan fingerprint density at radius 3 is 2.43 bits per heavy atom. The first-order valence-corrected chi connectivity index (χ1v) is 7.51. The molecule has 0 saturated carbocycles. The monoisotopic (exact) mass is 312 g/mol. The van der Waals surface area contributed by atoms with Crippen LogP contribution in [0.25, 0.3) is 11.0 Å². The van der Waals surface area contributed by atoms with Gasteiger partial charge in [-0.3, -0.25) is 4.57 Å². The Morgan fingerprint density at radius 1 is 1.13 bits per heavy atom. The highest BCUT2D eigenvalue weighted by Gasteiger charge is 2.17. The molecule has 0 aliphatic heterocycles. The third kappa shape index (κ3) is 3.46. The van der Waals surface area contributed by atoms with Crippen molar-refractivity contribution in [1.82, 2.24) is 9.55 Å². The first kappa shape index (κ1) is 15.4. The number of hydrogen-bond acceptors (Lipinski definition) is 3. The first-order valence-electron chi connectivity index (χ1n) is 7.51. The van der Waals surface area contributed by atoms with E-state index < -0.39 is 5.60 Å². The van der Waals surface area contributed by atoms with Gasteiger partial charge in [-0.1, -0.05) is 17.7 Å². The van der Waals surface area contributed by atoms with Crippen LogP contribution in [0.3, 0.4) is 0 Å². The molecule has 1 aromatic heterocycles. The third-order valence-electron chi connectivity index (χ3n) is 3.55. The van der Waals surface area contributed by atoms with E-state index in [9.17, 15) is 9.90 Å². The lowest BCUT2D eigenvalue weighted by molar-refractivity contribution is 0.0617. The summed E-state index contributed by atoms with van der Waals surface area (Å²) in [4.78, 5) is 14.9. The summed E-state index contributed by atoms with van der Waals surface area (Å²) in [7, 11) is 0. The van der Waals surface area contributed by atoms with Gasteiger partial charge in [0.2, 0.25) is 0 Å². The minimum Gasteiger partial charge on any atom is -0.457 e. The molecule has 23 heavy (non-hydrogen) atoms. The summed E-state index contributed by atoms with van der Waals surface area (Å²) >= 11 is 0. The normalized spacial score (nSPS) is 11.8. The summed E-state index contributed by atoms with van der Waals surface area (Å²) < 4.78 is 7.34. The number of aromatic amines is 1. The summed E-state index contributed by atoms with van der Waals surface area (Å²) in [6.45, 7) is 5.59. The van der Waals surface area contributed by atoms with Crippen LogP contribution in [0, 0.1) is 6.92 Å². The van der Waals surface area contributed by atoms with Crippen LogP contribution in [0.5, 0.6) is 11.5 Å². The molecule has 0 bridgehead atoms. The van der Waals surface area contributed by atoms with Crippen LogP contribution in [0.15, 0.2) is 47.3 Å². The van der Waals surface area contributed by atoms with Gasteiger partial charge in [0.05, 0.1) is 23.2 Å². The quantitative estimate of drug-likeness (QED) is 0.777. The number of H-pyrrole nitrogens is 1. The van der Waals surface area contributed by atoms with Crippen LogP contribution in [-0.4, -0.2) is 20.3 Å². The molecule has 0 atom stereocenters. The second kappa shape index (κ2) is 5.59. The Bertz CT molecular complexity index is 883. The van der Waals surface area contributed by atoms with Crippen molar-refractivity contribution in [2.45, 2.75) is 32.9 Å². The number of imidazole rings is 1. The smallest absolute Gasteiger partial charge is 0.326 e. The number of hydrogen-bond donors (Lipinski definition) is 2. The number of nitrogens with one attached hydrogen (secondary N) is 1. The molecule has 1 heterocycles. The standard InChI is InChI=1S/C18H20N2O3/c1-12-4-6-13(7-5-12)23-14-8-9-16-15(10-14)19-17(21)20(16)11-18(2,3)22/h4-10,22H,11H2,1-3H3,(H,19,21). The zero-order valence-corrected chi connectivity index (χ0v) is 13.5. The van der Waals surface area contributed by atoms with E-state index in [0.29, 0.717) is 11.3 Å². The van der Waals surface area contributed by atoms with Crippen molar-refractivity contribution in [3.63, 3.8) is 0 Å². The topological polar surface area (TPSA) is 67.2 Å². The van der Waals surface area contributed by atoms with E-state index in [1.165, 1.54) is 10.1 Å². The Kier molecular flexibility index (Phi) is 3.74. The molecule has 3 rings (SSSR count). The molecule has 0 aliphatic rings. The number of ether oxygens (including phenoxy) is 1. The van der Waals surface area contributed by atoms with Gasteiger partial charge >= 0.3 is 5.69 Å². The van der Waals surface area contributed by atoms with Crippen molar-refractivity contribution in [1.29, 1.82) is 0 Å². The highest BCUT2D eigenvalue weighted by Crippen LogP contribution is 2.25. The second-order valence-corrected chi connectivity index (χ2v) is 6.42. The molecule has 5 heteroatoms. The average molecular weight is 312 g/mol. The second-order valence-electron chi connectivity index (χ2n) is 6.42. The van der Waals surface area contributed by atoms with E-state index in [4.69, 9.17) is 4.74 Å². The van der Waals surface area contributed by atoms with Gasteiger partial charge in [-0.15, -0.1) is 0 Å². The predicted octanol–water partition coefficient (Wildman–Crippen LogP) is 3.20. The fraction of sp³-hybridized carbons (Fsp3) is 0.278. The predicted molar refractivity (Wildman–Crippen MR) is 90.1 cm³/mol. The molecular formula is C18H20N2O3. The maximum Gasteiger partial charge on any atom is 0.326 e. The number of nitrogens with zero attached hydrogens (tertiary/aromatic N) is 1. The summed E-state index contributed by atoms with van der Waals surface area (Å²) in [6, 6.07) is 13.2. The average Bonchev–Trinajstić information content (AvgIpc) is 2.75. The SMILES string of the molecule is Cc1ccc(Oc2ccc3c(c2)[nH]c(=O)n3CC(C)(C)O)cc1. The molecule has 2 aromatic carbocycles. The van der Waals surface area contributed by atoms with E-state index in [0.717, 1.165) is 11.3 Å². The Labute approximate surface area is 134 Å². The first-order chi connectivity index (χ1) is 10.8. The minimum absolute atomic E-state index is 0.226. The molecule has 0 saturated heterocycles. The number of aryl methyl sites for hydroxylation is 1. The fourth-order valence-corrected chi connectivity index (χ4v) is 2.49. The van der Waals surface area contributed by atoms with Crippen LogP contribution in [0.4, 0.5) is 0 Å². The molecule has 3 aromatic rings. The zero-order chi connectivity index (χ0) is 16.6. The van der Waals surface area contributed by atoms with Crippen molar-refractivity contribution in [3.8, 4) is 11.5 Å². The van der Waals surface area contributed by atoms with Crippen LogP contribution in [0.1, 0.15) is 19.4 Å². The van der Waals surface area contributed by atoms with Gasteiger partial charge in [0, 0.05) is 6.07 Å². The lowest BCUT2D eigenvalue weighted by Gasteiger charge is -2.17. The lowest BCUT2D eigenvalue weighted by atomic mass is 10.1. The molecule has 5 nitrogen and oxygen atoms in total. The molecule has 0 spiro atoms. The van der Waals surface area contributed by atoms with E-state index in [2.05, 4.69) is 4.98 Å². The Morgan fingerprint density at radius 2 is 1.78 bits per heavy atom. The maximum atomic E-state index is 12.1. The zero-order valence-electron chi connectivity index (χ0n) is 13.5.